The van der Waals surface area contributed by atoms with E-state index in [0.29, 0.717) is 16.0 Å². The zero-order chi connectivity index (χ0) is 8.97. The van der Waals surface area contributed by atoms with Gasteiger partial charge in [0.05, 0.1) is 18.1 Å². The minimum Gasteiger partial charge on any atom is -0.303 e. The molecule has 0 bridgehead atoms. The largest absolute Gasteiger partial charge is 0.303 e. The lowest BCUT2D eigenvalue weighted by Gasteiger charge is -1.99. The molecule has 1 N–H and O–H groups in total. The number of nitrogens with one attached hydrogen (secondary N) is 1. The van der Waals surface area contributed by atoms with E-state index in [-0.39, 0.29) is 0 Å². The summed E-state index contributed by atoms with van der Waals surface area (Å²) in [5, 5.41) is 7.60. The first-order valence-electron chi connectivity index (χ1n) is 3.79. The van der Waals surface area contributed by atoms with Crippen molar-refractivity contribution >= 4 is 21.6 Å². The summed E-state index contributed by atoms with van der Waals surface area (Å²) in [5.41, 5.74) is 1.21. The molecule has 12 heavy (non-hydrogen) atoms. The second kappa shape index (κ2) is 4.30. The van der Waals surface area contributed by atoms with Crippen LogP contribution in [0.1, 0.15) is 25.5 Å². The van der Waals surface area contributed by atoms with Gasteiger partial charge in [-0.25, -0.2) is 4.98 Å². The molecule has 0 aromatic carbocycles. The van der Waals surface area contributed by atoms with Crippen molar-refractivity contribution in [1.29, 1.82) is 5.41 Å². The topological polar surface area (TPSA) is 49.6 Å². The Morgan fingerprint density at radius 2 is 2.33 bits per heavy atom. The van der Waals surface area contributed by atoms with Gasteiger partial charge >= 0.3 is 0 Å². The molecule has 0 aliphatic rings. The number of hydrogen-bond donors (Lipinski definition) is 1. The molecule has 0 unspecified atom stereocenters. The van der Waals surface area contributed by atoms with E-state index < -0.39 is 0 Å². The minimum atomic E-state index is 0.548. The lowest BCUT2D eigenvalue weighted by atomic mass is 10.2. The van der Waals surface area contributed by atoms with E-state index in [2.05, 4.69) is 25.9 Å². The van der Waals surface area contributed by atoms with Crippen molar-refractivity contribution in [3.63, 3.8) is 0 Å². The van der Waals surface area contributed by atoms with Crippen LogP contribution in [0.3, 0.4) is 0 Å². The van der Waals surface area contributed by atoms with Gasteiger partial charge in [-0.1, -0.05) is 13.3 Å². The van der Waals surface area contributed by atoms with E-state index in [1.807, 2.05) is 6.92 Å². The maximum absolute atomic E-state index is 7.60. The molecule has 0 amide bonds. The molecule has 4 heteroatoms. The first kappa shape index (κ1) is 9.32. The fourth-order valence-electron chi connectivity index (χ4n) is 0.866. The van der Waals surface area contributed by atoms with E-state index in [0.717, 1.165) is 12.8 Å². The molecule has 1 aromatic heterocycles. The summed E-state index contributed by atoms with van der Waals surface area (Å²) >= 11 is 3.21. The van der Waals surface area contributed by atoms with E-state index >= 15 is 0 Å². The summed E-state index contributed by atoms with van der Waals surface area (Å²) in [7, 11) is 0. The predicted molar refractivity (Wildman–Crippen MR) is 51.5 cm³/mol. The summed E-state index contributed by atoms with van der Waals surface area (Å²) in [5.74, 6) is 0. The molecule has 0 aliphatic carbocycles. The van der Waals surface area contributed by atoms with Crippen LogP contribution in [0.4, 0.5) is 0 Å². The van der Waals surface area contributed by atoms with Crippen molar-refractivity contribution in [3.8, 4) is 0 Å². The number of rotatable bonds is 3. The smallest absolute Gasteiger partial charge is 0.125 e. The molecule has 1 heterocycles. The quantitative estimate of drug-likeness (QED) is 0.807. The highest BCUT2D eigenvalue weighted by atomic mass is 79.9. The number of halogens is 1. The van der Waals surface area contributed by atoms with Gasteiger partial charge < -0.3 is 5.41 Å². The Hall–Kier alpha value is -0.770. The van der Waals surface area contributed by atoms with Gasteiger partial charge in [-0.05, 0) is 22.4 Å². The summed E-state index contributed by atoms with van der Waals surface area (Å²) in [4.78, 5) is 8.06. The van der Waals surface area contributed by atoms with Gasteiger partial charge in [-0.15, -0.1) is 0 Å². The average Bonchev–Trinajstić information content (AvgIpc) is 2.05. The van der Waals surface area contributed by atoms with Crippen LogP contribution >= 0.6 is 15.9 Å². The van der Waals surface area contributed by atoms with Crippen molar-refractivity contribution in [2.24, 2.45) is 0 Å². The van der Waals surface area contributed by atoms with Gasteiger partial charge in [-0.3, -0.25) is 4.98 Å². The summed E-state index contributed by atoms with van der Waals surface area (Å²) in [6.07, 6.45) is 4.95. The van der Waals surface area contributed by atoms with Gasteiger partial charge in [0.15, 0.2) is 0 Å². The molecular weight excluding hydrogens is 218 g/mol. The minimum absolute atomic E-state index is 0.548. The van der Waals surface area contributed by atoms with Crippen LogP contribution in [0.5, 0.6) is 0 Å². The molecular formula is C8H10BrN3. The average molecular weight is 228 g/mol. The van der Waals surface area contributed by atoms with E-state index in [4.69, 9.17) is 5.41 Å². The number of nitrogens with zero attached hydrogens (tertiary/aromatic N) is 2. The maximum Gasteiger partial charge on any atom is 0.125 e. The van der Waals surface area contributed by atoms with Crippen LogP contribution < -0.4 is 0 Å². The second-order valence-electron chi connectivity index (χ2n) is 2.46. The molecule has 0 atom stereocenters. The fourth-order valence-corrected chi connectivity index (χ4v) is 1.17. The monoisotopic (exact) mass is 227 g/mol. The standard InChI is InChI=1S/C8H10BrN3/c1-2-3-6(10)7-4-11-5-8(9)12-7/h4-5,10H,2-3H2,1H3. The molecule has 0 radical (unpaired) electrons. The van der Waals surface area contributed by atoms with E-state index in [1.54, 1.807) is 12.4 Å². The zero-order valence-electron chi connectivity index (χ0n) is 6.84. The third kappa shape index (κ3) is 2.37. The van der Waals surface area contributed by atoms with Crippen molar-refractivity contribution in [2.45, 2.75) is 19.8 Å². The third-order valence-electron chi connectivity index (χ3n) is 1.41. The van der Waals surface area contributed by atoms with E-state index in [1.165, 1.54) is 0 Å². The number of hydrogen-bond acceptors (Lipinski definition) is 3. The highest BCUT2D eigenvalue weighted by molar-refractivity contribution is 9.10. The Labute approximate surface area is 79.9 Å². The van der Waals surface area contributed by atoms with Crippen LogP contribution in [0.2, 0.25) is 0 Å². The van der Waals surface area contributed by atoms with Crippen LogP contribution in [0.25, 0.3) is 0 Å². The number of aromatic nitrogens is 2. The zero-order valence-corrected chi connectivity index (χ0v) is 8.43. The van der Waals surface area contributed by atoms with Crippen molar-refractivity contribution in [2.75, 3.05) is 0 Å². The lowest BCUT2D eigenvalue weighted by molar-refractivity contribution is 0.974. The van der Waals surface area contributed by atoms with Crippen molar-refractivity contribution < 1.29 is 0 Å². The highest BCUT2D eigenvalue weighted by Crippen LogP contribution is 2.06. The fraction of sp³-hybridized carbons (Fsp3) is 0.375. The molecule has 0 spiro atoms. The molecule has 0 fully saturated rings. The molecule has 1 aromatic rings. The van der Waals surface area contributed by atoms with Crippen molar-refractivity contribution in [3.05, 3.63) is 22.7 Å². The predicted octanol–water partition coefficient (Wildman–Crippen LogP) is 2.41. The maximum atomic E-state index is 7.60. The normalized spacial score (nSPS) is 9.83. The molecule has 3 nitrogen and oxygen atoms in total. The Bertz CT molecular complexity index is 285. The van der Waals surface area contributed by atoms with Gasteiger partial charge in [0.2, 0.25) is 0 Å². The van der Waals surface area contributed by atoms with E-state index in [9.17, 15) is 0 Å². The highest BCUT2D eigenvalue weighted by Gasteiger charge is 2.01. The Balaban J connectivity index is 2.81. The van der Waals surface area contributed by atoms with Crippen molar-refractivity contribution in [1.82, 2.24) is 9.97 Å². The molecule has 64 valence electrons. The summed E-state index contributed by atoms with van der Waals surface area (Å²) < 4.78 is 0.681. The van der Waals surface area contributed by atoms with Crippen LogP contribution in [0, 0.1) is 5.41 Å². The molecule has 0 saturated heterocycles. The molecule has 0 aliphatic heterocycles. The van der Waals surface area contributed by atoms with Crippen LogP contribution in [0.15, 0.2) is 17.0 Å². The first-order chi connectivity index (χ1) is 5.74. The van der Waals surface area contributed by atoms with Gasteiger partial charge in [0, 0.05) is 0 Å². The molecule has 0 saturated carbocycles. The van der Waals surface area contributed by atoms with Crippen LogP contribution in [-0.4, -0.2) is 15.7 Å². The SMILES string of the molecule is CCCC(=N)c1cncc(Br)n1. The Kier molecular flexibility index (Phi) is 3.34. The summed E-state index contributed by atoms with van der Waals surface area (Å²) in [6.45, 7) is 2.04. The summed E-state index contributed by atoms with van der Waals surface area (Å²) in [6, 6.07) is 0. The first-order valence-corrected chi connectivity index (χ1v) is 4.58. The molecule has 1 rings (SSSR count). The lowest BCUT2D eigenvalue weighted by Crippen LogP contribution is -2.02. The van der Waals surface area contributed by atoms with Gasteiger partial charge in [0.1, 0.15) is 10.3 Å². The Morgan fingerprint density at radius 1 is 1.58 bits per heavy atom. The van der Waals surface area contributed by atoms with Gasteiger partial charge in [0.25, 0.3) is 0 Å². The van der Waals surface area contributed by atoms with Crippen LogP contribution in [-0.2, 0) is 0 Å². The third-order valence-corrected chi connectivity index (χ3v) is 1.80. The Morgan fingerprint density at radius 3 is 2.92 bits per heavy atom. The van der Waals surface area contributed by atoms with Gasteiger partial charge in [-0.2, -0.15) is 0 Å². The second-order valence-corrected chi connectivity index (χ2v) is 3.27.